The van der Waals surface area contributed by atoms with Crippen LogP contribution in [0, 0.1) is 0 Å². The van der Waals surface area contributed by atoms with Gasteiger partial charge in [0.15, 0.2) is 8.32 Å². The van der Waals surface area contributed by atoms with Gasteiger partial charge in [0.25, 0.3) is 0 Å². The molecule has 1 aliphatic heterocycles. The summed E-state index contributed by atoms with van der Waals surface area (Å²) in [6.45, 7) is 9.84. The van der Waals surface area contributed by atoms with Crippen molar-refractivity contribution in [2.75, 3.05) is 6.61 Å². The molecule has 12 heavy (non-hydrogen) atoms. The van der Waals surface area contributed by atoms with Crippen molar-refractivity contribution < 1.29 is 9.16 Å². The van der Waals surface area contributed by atoms with E-state index in [0.29, 0.717) is 12.2 Å². The van der Waals surface area contributed by atoms with Gasteiger partial charge in [-0.25, -0.2) is 0 Å². The third-order valence-electron chi connectivity index (χ3n) is 1.85. The summed E-state index contributed by atoms with van der Waals surface area (Å²) in [6, 6.07) is 0. The van der Waals surface area contributed by atoms with Crippen LogP contribution in [-0.4, -0.2) is 27.1 Å². The van der Waals surface area contributed by atoms with Crippen molar-refractivity contribution in [2.45, 2.75) is 51.6 Å². The molecule has 72 valence electrons. The first kappa shape index (κ1) is 10.2. The van der Waals surface area contributed by atoms with Gasteiger partial charge in [-0.15, -0.1) is 0 Å². The van der Waals surface area contributed by atoms with Gasteiger partial charge >= 0.3 is 0 Å². The molecule has 2 unspecified atom stereocenters. The van der Waals surface area contributed by atoms with Crippen LogP contribution in [0.2, 0.25) is 19.6 Å². The molecule has 0 spiro atoms. The molecule has 0 N–H and O–H groups in total. The van der Waals surface area contributed by atoms with Gasteiger partial charge in [-0.05, 0) is 39.4 Å². The predicted octanol–water partition coefficient (Wildman–Crippen LogP) is 2.41. The highest BCUT2D eigenvalue weighted by molar-refractivity contribution is 6.69. The van der Waals surface area contributed by atoms with Gasteiger partial charge in [0.05, 0.1) is 12.7 Å². The van der Waals surface area contributed by atoms with Crippen LogP contribution in [0.25, 0.3) is 0 Å². The minimum absolute atomic E-state index is 0.417. The normalized spacial score (nSPS) is 25.5. The smallest absolute Gasteiger partial charge is 0.184 e. The molecule has 0 bridgehead atoms. The second-order valence-corrected chi connectivity index (χ2v) is 9.03. The molecule has 0 radical (unpaired) electrons. The average Bonchev–Trinajstić information content (AvgIpc) is 2.61. The molecule has 3 heteroatoms. The quantitative estimate of drug-likeness (QED) is 0.488. The van der Waals surface area contributed by atoms with Gasteiger partial charge in [0.2, 0.25) is 0 Å². The van der Waals surface area contributed by atoms with Crippen LogP contribution in [0.1, 0.15) is 19.8 Å². The molecule has 1 saturated heterocycles. The lowest BCUT2D eigenvalue weighted by molar-refractivity contribution is 0.195. The minimum atomic E-state index is -1.31. The summed E-state index contributed by atoms with van der Waals surface area (Å²) in [7, 11) is -1.31. The zero-order chi connectivity index (χ0) is 9.19. The number of ether oxygens (including phenoxy) is 1. The average molecular weight is 188 g/mol. The molecule has 1 heterocycles. The second kappa shape index (κ2) is 3.90. The minimum Gasteiger partial charge on any atom is -0.415 e. The number of epoxide rings is 1. The summed E-state index contributed by atoms with van der Waals surface area (Å²) in [5, 5.41) is 0. The fourth-order valence-electron chi connectivity index (χ4n) is 1.32. The van der Waals surface area contributed by atoms with Gasteiger partial charge in [0, 0.05) is 6.10 Å². The highest BCUT2D eigenvalue weighted by Gasteiger charge is 2.24. The van der Waals surface area contributed by atoms with E-state index >= 15 is 0 Å². The Kier molecular flexibility index (Phi) is 3.32. The zero-order valence-electron chi connectivity index (χ0n) is 8.59. The van der Waals surface area contributed by atoms with Gasteiger partial charge in [-0.2, -0.15) is 0 Å². The van der Waals surface area contributed by atoms with E-state index in [1.165, 1.54) is 6.42 Å². The molecule has 0 aromatic rings. The van der Waals surface area contributed by atoms with E-state index in [2.05, 4.69) is 26.6 Å². The Bertz CT molecular complexity index is 138. The van der Waals surface area contributed by atoms with Crippen LogP contribution in [0.3, 0.4) is 0 Å². The molecule has 2 nitrogen and oxygen atoms in total. The lowest BCUT2D eigenvalue weighted by Gasteiger charge is -2.23. The molecule has 0 amide bonds. The van der Waals surface area contributed by atoms with Crippen molar-refractivity contribution in [1.29, 1.82) is 0 Å². The highest BCUT2D eigenvalue weighted by atomic mass is 28.4. The third kappa shape index (κ3) is 4.90. The van der Waals surface area contributed by atoms with E-state index in [9.17, 15) is 0 Å². The van der Waals surface area contributed by atoms with E-state index in [0.717, 1.165) is 13.0 Å². The van der Waals surface area contributed by atoms with Crippen molar-refractivity contribution in [1.82, 2.24) is 0 Å². The van der Waals surface area contributed by atoms with Crippen LogP contribution in [0.5, 0.6) is 0 Å². The summed E-state index contributed by atoms with van der Waals surface area (Å²) >= 11 is 0. The summed E-state index contributed by atoms with van der Waals surface area (Å²) in [4.78, 5) is 0. The van der Waals surface area contributed by atoms with Crippen LogP contribution in [0.4, 0.5) is 0 Å². The Morgan fingerprint density at radius 3 is 2.50 bits per heavy atom. The lowest BCUT2D eigenvalue weighted by Crippen LogP contribution is -2.30. The maximum Gasteiger partial charge on any atom is 0.184 e. The number of hydrogen-bond donors (Lipinski definition) is 0. The summed E-state index contributed by atoms with van der Waals surface area (Å²) in [6.07, 6.45) is 3.29. The maximum atomic E-state index is 5.90. The Labute approximate surface area is 76.4 Å². The molecular formula is C9H20O2Si. The highest BCUT2D eigenvalue weighted by Crippen LogP contribution is 2.19. The fourth-order valence-corrected chi connectivity index (χ4v) is 2.64. The first-order chi connectivity index (χ1) is 5.47. The van der Waals surface area contributed by atoms with Crippen molar-refractivity contribution in [2.24, 2.45) is 0 Å². The van der Waals surface area contributed by atoms with Crippen LogP contribution in [-0.2, 0) is 9.16 Å². The SMILES string of the molecule is CC(CCC1CO1)O[Si](C)(C)C. The summed E-state index contributed by atoms with van der Waals surface area (Å²) in [5.74, 6) is 0. The van der Waals surface area contributed by atoms with E-state index in [1.54, 1.807) is 0 Å². The topological polar surface area (TPSA) is 21.8 Å². The van der Waals surface area contributed by atoms with E-state index in [1.807, 2.05) is 0 Å². The Morgan fingerprint density at radius 2 is 2.08 bits per heavy atom. The van der Waals surface area contributed by atoms with Crippen molar-refractivity contribution >= 4 is 8.32 Å². The molecule has 1 aliphatic rings. The molecular weight excluding hydrogens is 168 g/mol. The molecule has 1 fully saturated rings. The molecule has 0 aromatic carbocycles. The fraction of sp³-hybridized carbons (Fsp3) is 1.00. The van der Waals surface area contributed by atoms with Crippen LogP contribution < -0.4 is 0 Å². The van der Waals surface area contributed by atoms with E-state index in [4.69, 9.17) is 9.16 Å². The van der Waals surface area contributed by atoms with E-state index < -0.39 is 8.32 Å². The van der Waals surface area contributed by atoms with Crippen molar-refractivity contribution in [3.63, 3.8) is 0 Å². The number of hydrogen-bond acceptors (Lipinski definition) is 2. The summed E-state index contributed by atoms with van der Waals surface area (Å²) < 4.78 is 11.0. The van der Waals surface area contributed by atoms with Crippen LogP contribution >= 0.6 is 0 Å². The van der Waals surface area contributed by atoms with Gasteiger partial charge in [0.1, 0.15) is 0 Å². The Hall–Kier alpha value is 0.137. The largest absolute Gasteiger partial charge is 0.415 e. The van der Waals surface area contributed by atoms with Gasteiger partial charge in [-0.3, -0.25) is 0 Å². The lowest BCUT2D eigenvalue weighted by atomic mass is 10.2. The standard InChI is InChI=1S/C9H20O2Si/c1-8(11-12(2,3)4)5-6-9-7-10-9/h8-9H,5-7H2,1-4H3. The monoisotopic (exact) mass is 188 g/mol. The molecule has 0 saturated carbocycles. The Morgan fingerprint density at radius 1 is 1.50 bits per heavy atom. The predicted molar refractivity (Wildman–Crippen MR) is 52.9 cm³/mol. The van der Waals surface area contributed by atoms with Gasteiger partial charge < -0.3 is 9.16 Å². The molecule has 2 atom stereocenters. The maximum absolute atomic E-state index is 5.90. The van der Waals surface area contributed by atoms with Gasteiger partial charge in [-0.1, -0.05) is 0 Å². The molecule has 0 aliphatic carbocycles. The molecule has 1 rings (SSSR count). The second-order valence-electron chi connectivity index (χ2n) is 4.57. The molecule has 0 aromatic heterocycles. The Balaban J connectivity index is 2.05. The van der Waals surface area contributed by atoms with E-state index in [-0.39, 0.29) is 0 Å². The summed E-state index contributed by atoms with van der Waals surface area (Å²) in [5.41, 5.74) is 0. The van der Waals surface area contributed by atoms with Crippen LogP contribution in [0.15, 0.2) is 0 Å². The number of rotatable bonds is 5. The first-order valence-corrected chi connectivity index (χ1v) is 8.17. The zero-order valence-corrected chi connectivity index (χ0v) is 9.59. The first-order valence-electron chi connectivity index (χ1n) is 4.77. The van der Waals surface area contributed by atoms with Crippen molar-refractivity contribution in [3.8, 4) is 0 Å². The van der Waals surface area contributed by atoms with Crippen molar-refractivity contribution in [3.05, 3.63) is 0 Å². The third-order valence-corrected chi connectivity index (χ3v) is 2.96.